The molecule has 0 aliphatic carbocycles. The third-order valence-corrected chi connectivity index (χ3v) is 9.82. The molecule has 0 radical (unpaired) electrons. The van der Waals surface area contributed by atoms with Gasteiger partial charge in [-0.1, -0.05) is 42.5 Å². The lowest BCUT2D eigenvalue weighted by atomic mass is 9.89. The number of esters is 1. The fraction of sp³-hybridized carbons (Fsp3) is 0.161. The number of sulfone groups is 1. The average molecular weight is 605 g/mol. The molecule has 42 heavy (non-hydrogen) atoms. The van der Waals surface area contributed by atoms with Gasteiger partial charge in [0.25, 0.3) is 5.56 Å². The zero-order chi connectivity index (χ0) is 30.0. The van der Waals surface area contributed by atoms with E-state index in [1.807, 2.05) is 0 Å². The molecule has 9 nitrogen and oxygen atoms in total. The second-order valence-corrected chi connectivity index (χ2v) is 12.2. The summed E-state index contributed by atoms with van der Waals surface area (Å²) in [6.45, 7) is 1.69. The smallest absolute Gasteiger partial charge is 0.338 e. The van der Waals surface area contributed by atoms with Gasteiger partial charge in [0.05, 0.1) is 41.7 Å². The van der Waals surface area contributed by atoms with Gasteiger partial charge >= 0.3 is 5.97 Å². The van der Waals surface area contributed by atoms with Crippen LogP contribution >= 0.6 is 11.3 Å². The van der Waals surface area contributed by atoms with E-state index in [1.165, 1.54) is 19.2 Å². The summed E-state index contributed by atoms with van der Waals surface area (Å²) in [7, 11) is -1.24. The van der Waals surface area contributed by atoms with E-state index < -0.39 is 27.3 Å². The number of rotatable bonds is 8. The number of nitrogens with two attached hydrogens (primary N) is 1. The number of hydrogen-bond acceptors (Lipinski definition) is 9. The number of ether oxygens (including phenoxy) is 3. The van der Waals surface area contributed by atoms with Crippen LogP contribution in [0.3, 0.4) is 0 Å². The fourth-order valence-electron chi connectivity index (χ4n) is 4.79. The first-order valence-electron chi connectivity index (χ1n) is 12.9. The number of nitrogens with zero attached hydrogens (tertiary/aromatic N) is 1. The SMILES string of the molecule is CCOC(=O)C1=c2sc(=Cc3ccc(OC)cc3)c(=O)n2C(N)=C(S(=O)(=O)c2ccccc2)[C@H]1c1ccc(OC)cc1. The molecule has 216 valence electrons. The number of allylic oxidation sites excluding steroid dienone is 1. The third-order valence-electron chi connectivity index (χ3n) is 6.80. The molecule has 0 unspecified atom stereocenters. The lowest BCUT2D eigenvalue weighted by Crippen LogP contribution is -2.41. The molecule has 5 rings (SSSR count). The van der Waals surface area contributed by atoms with Gasteiger partial charge in [0, 0.05) is 0 Å². The van der Waals surface area contributed by atoms with Crippen LogP contribution in [0, 0.1) is 0 Å². The Hall–Kier alpha value is -4.61. The van der Waals surface area contributed by atoms with Gasteiger partial charge in [0.1, 0.15) is 26.9 Å². The number of thiazole rings is 1. The van der Waals surface area contributed by atoms with E-state index in [0.29, 0.717) is 22.6 Å². The van der Waals surface area contributed by atoms with E-state index in [9.17, 15) is 18.0 Å². The third kappa shape index (κ3) is 5.12. The van der Waals surface area contributed by atoms with Crippen molar-refractivity contribution in [3.05, 3.63) is 114 Å². The van der Waals surface area contributed by atoms with Crippen molar-refractivity contribution < 1.29 is 27.4 Å². The molecular formula is C31H28N2O7S2. The van der Waals surface area contributed by atoms with E-state index >= 15 is 0 Å². The van der Waals surface area contributed by atoms with Crippen molar-refractivity contribution >= 4 is 44.6 Å². The molecule has 1 aromatic heterocycles. The van der Waals surface area contributed by atoms with Crippen LogP contribution in [0.1, 0.15) is 24.0 Å². The summed E-state index contributed by atoms with van der Waals surface area (Å²) in [6.07, 6.45) is 1.65. The maximum absolute atomic E-state index is 14.3. The molecule has 4 aromatic rings. The number of fused-ring (bicyclic) bond motifs is 1. The standard InChI is InChI=1S/C31H28N2O7S2/c1-4-40-31(35)26-25(20-12-16-22(39-3)17-13-20)27(42(36,37)23-8-6-5-7-9-23)28(32)33-29(34)24(41-30(26)33)18-19-10-14-21(38-2)15-11-19/h5-18,25H,4,32H2,1-3H3/t25-/m0/s1. The maximum atomic E-state index is 14.3. The van der Waals surface area contributed by atoms with E-state index in [2.05, 4.69) is 0 Å². The van der Waals surface area contributed by atoms with Gasteiger partial charge in [-0.15, -0.1) is 11.3 Å². The molecule has 0 spiro atoms. The molecule has 3 aromatic carbocycles. The summed E-state index contributed by atoms with van der Waals surface area (Å²) in [5, 5.41) is 0. The zero-order valence-corrected chi connectivity index (χ0v) is 24.7. The monoisotopic (exact) mass is 604 g/mol. The molecule has 2 N–H and O–H groups in total. The normalized spacial score (nSPS) is 15.4. The highest BCUT2D eigenvalue weighted by Gasteiger charge is 2.42. The molecule has 0 amide bonds. The predicted octanol–water partition coefficient (Wildman–Crippen LogP) is 2.83. The second kappa shape index (κ2) is 11.7. The zero-order valence-electron chi connectivity index (χ0n) is 23.1. The van der Waals surface area contributed by atoms with Crippen LogP contribution in [-0.2, 0) is 19.4 Å². The molecule has 2 heterocycles. The number of benzene rings is 3. The van der Waals surface area contributed by atoms with Crippen LogP contribution in [-0.4, -0.2) is 39.8 Å². The van der Waals surface area contributed by atoms with E-state index in [0.717, 1.165) is 15.9 Å². The van der Waals surface area contributed by atoms with Gasteiger partial charge in [0.2, 0.25) is 9.84 Å². The number of hydrogen-bond donors (Lipinski definition) is 1. The van der Waals surface area contributed by atoms with Crippen molar-refractivity contribution in [2.45, 2.75) is 17.7 Å². The van der Waals surface area contributed by atoms with Gasteiger partial charge < -0.3 is 19.9 Å². The summed E-state index contributed by atoms with van der Waals surface area (Å²) >= 11 is 1.04. The molecule has 1 aliphatic heterocycles. The highest BCUT2D eigenvalue weighted by atomic mass is 32.2. The summed E-state index contributed by atoms with van der Waals surface area (Å²) < 4.78 is 46.0. The summed E-state index contributed by atoms with van der Waals surface area (Å²) in [5.41, 5.74) is 7.24. The van der Waals surface area contributed by atoms with Crippen molar-refractivity contribution in [2.75, 3.05) is 20.8 Å². The van der Waals surface area contributed by atoms with Crippen molar-refractivity contribution in [3.8, 4) is 11.5 Å². The molecule has 1 aliphatic rings. The van der Waals surface area contributed by atoms with Crippen LogP contribution < -0.4 is 30.0 Å². The predicted molar refractivity (Wildman–Crippen MR) is 161 cm³/mol. The molecular weight excluding hydrogens is 576 g/mol. The lowest BCUT2D eigenvalue weighted by Gasteiger charge is -2.28. The van der Waals surface area contributed by atoms with Crippen LogP contribution in [0.25, 0.3) is 17.5 Å². The minimum atomic E-state index is -4.31. The molecule has 0 bridgehead atoms. The minimum Gasteiger partial charge on any atom is -0.497 e. The lowest BCUT2D eigenvalue weighted by molar-refractivity contribution is -0.136. The van der Waals surface area contributed by atoms with Crippen molar-refractivity contribution in [2.24, 2.45) is 5.73 Å². The second-order valence-electron chi connectivity index (χ2n) is 9.24. The van der Waals surface area contributed by atoms with Gasteiger partial charge in [-0.25, -0.2) is 13.2 Å². The number of carbonyl (C=O) groups excluding carboxylic acids is 1. The van der Waals surface area contributed by atoms with Crippen molar-refractivity contribution in [1.29, 1.82) is 0 Å². The Bertz CT molecular complexity index is 1960. The first-order chi connectivity index (χ1) is 20.2. The van der Waals surface area contributed by atoms with E-state index in [-0.39, 0.29) is 37.0 Å². The highest BCUT2D eigenvalue weighted by Crippen LogP contribution is 2.42. The highest BCUT2D eigenvalue weighted by molar-refractivity contribution is 7.95. The van der Waals surface area contributed by atoms with Crippen LogP contribution in [0.15, 0.2) is 93.5 Å². The Morgan fingerprint density at radius 2 is 1.55 bits per heavy atom. The fourth-order valence-corrected chi connectivity index (χ4v) is 7.66. The van der Waals surface area contributed by atoms with Crippen LogP contribution in [0.2, 0.25) is 0 Å². The Kier molecular flexibility index (Phi) is 8.06. The number of methoxy groups -OCH3 is 2. The Labute approximate surface area is 246 Å². The first kappa shape index (κ1) is 28.9. The van der Waals surface area contributed by atoms with Gasteiger partial charge in [-0.2, -0.15) is 0 Å². The van der Waals surface area contributed by atoms with Crippen molar-refractivity contribution in [3.63, 3.8) is 0 Å². The summed E-state index contributed by atoms with van der Waals surface area (Å²) in [5.74, 6) is -0.999. The summed E-state index contributed by atoms with van der Waals surface area (Å²) in [6, 6.07) is 21.5. The topological polar surface area (TPSA) is 127 Å². The Morgan fingerprint density at radius 3 is 2.12 bits per heavy atom. The van der Waals surface area contributed by atoms with Gasteiger partial charge in [-0.05, 0) is 60.5 Å². The average Bonchev–Trinajstić information content (AvgIpc) is 3.33. The van der Waals surface area contributed by atoms with E-state index in [4.69, 9.17) is 19.9 Å². The number of aromatic nitrogens is 1. The quantitative estimate of drug-likeness (QED) is 0.304. The Morgan fingerprint density at radius 1 is 0.952 bits per heavy atom. The molecule has 1 atom stereocenters. The number of carbonyl (C=O) groups is 1. The molecule has 11 heteroatoms. The molecule has 0 saturated heterocycles. The maximum Gasteiger partial charge on any atom is 0.338 e. The first-order valence-corrected chi connectivity index (χ1v) is 15.2. The van der Waals surface area contributed by atoms with Gasteiger partial charge in [0.15, 0.2) is 0 Å². The largest absolute Gasteiger partial charge is 0.497 e. The molecule has 0 saturated carbocycles. The van der Waals surface area contributed by atoms with Gasteiger partial charge in [-0.3, -0.25) is 9.36 Å². The van der Waals surface area contributed by atoms with Crippen LogP contribution in [0.5, 0.6) is 11.5 Å². The molecule has 0 fully saturated rings. The minimum absolute atomic E-state index is 0.00204. The summed E-state index contributed by atoms with van der Waals surface area (Å²) in [4.78, 5) is 27.2. The van der Waals surface area contributed by atoms with Crippen LogP contribution in [0.4, 0.5) is 0 Å². The van der Waals surface area contributed by atoms with Crippen molar-refractivity contribution in [1.82, 2.24) is 4.57 Å². The van der Waals surface area contributed by atoms with E-state index in [1.54, 1.807) is 86.8 Å². The Balaban J connectivity index is 1.89.